The number of halogens is 1. The molecule has 0 aliphatic heterocycles. The van der Waals surface area contributed by atoms with Crippen LogP contribution in [-0.2, 0) is 0 Å². The van der Waals surface area contributed by atoms with E-state index < -0.39 is 11.8 Å². The Morgan fingerprint density at radius 3 is 2.26 bits per heavy atom. The van der Waals surface area contributed by atoms with E-state index in [1.165, 1.54) is 19.2 Å². The fraction of sp³-hybridized carbons (Fsp3) is 0.192. The van der Waals surface area contributed by atoms with Crippen molar-refractivity contribution in [2.75, 3.05) is 7.05 Å². The SMILES string of the molecule is C=C/C(=C(C)\C=C/C)c1ccc(C(C)=NC(=NC)c2ccc(C(=O)O)cc2F)cc1C. The molecular weight excluding hydrogens is 391 g/mol. The number of hydrogen-bond donors (Lipinski definition) is 1. The molecule has 0 unspecified atom stereocenters. The lowest BCUT2D eigenvalue weighted by Crippen LogP contribution is -2.08. The van der Waals surface area contributed by atoms with Crippen LogP contribution in [0.4, 0.5) is 4.39 Å². The van der Waals surface area contributed by atoms with Crippen LogP contribution in [0.25, 0.3) is 5.57 Å². The zero-order chi connectivity index (χ0) is 23.1. The number of aliphatic imine (C=N–C) groups is 2. The number of aryl methyl sites for hydroxylation is 1. The maximum Gasteiger partial charge on any atom is 0.335 e. The van der Waals surface area contributed by atoms with Gasteiger partial charge in [0.2, 0.25) is 0 Å². The second kappa shape index (κ2) is 10.4. The summed E-state index contributed by atoms with van der Waals surface area (Å²) in [4.78, 5) is 19.6. The lowest BCUT2D eigenvalue weighted by Gasteiger charge is -2.12. The summed E-state index contributed by atoms with van der Waals surface area (Å²) >= 11 is 0. The van der Waals surface area contributed by atoms with E-state index in [4.69, 9.17) is 5.11 Å². The van der Waals surface area contributed by atoms with Crippen LogP contribution in [0.1, 0.15) is 53.4 Å². The molecule has 0 aliphatic rings. The normalized spacial score (nSPS) is 13.4. The van der Waals surface area contributed by atoms with Crippen LogP contribution in [0.5, 0.6) is 0 Å². The molecule has 31 heavy (non-hydrogen) atoms. The lowest BCUT2D eigenvalue weighted by atomic mass is 9.94. The minimum atomic E-state index is -1.19. The summed E-state index contributed by atoms with van der Waals surface area (Å²) < 4.78 is 14.5. The van der Waals surface area contributed by atoms with Crippen molar-refractivity contribution < 1.29 is 14.3 Å². The lowest BCUT2D eigenvalue weighted by molar-refractivity contribution is 0.0696. The topological polar surface area (TPSA) is 62.0 Å². The molecular formula is C26H27FN2O2. The molecule has 0 heterocycles. The zero-order valence-electron chi connectivity index (χ0n) is 18.5. The molecule has 2 aromatic rings. The molecule has 0 aliphatic carbocycles. The van der Waals surface area contributed by atoms with E-state index in [-0.39, 0.29) is 17.0 Å². The van der Waals surface area contributed by atoms with Crippen LogP contribution in [0.3, 0.4) is 0 Å². The van der Waals surface area contributed by atoms with Crippen molar-refractivity contribution in [3.8, 4) is 0 Å². The van der Waals surface area contributed by atoms with E-state index in [9.17, 15) is 9.18 Å². The number of benzene rings is 2. The van der Waals surface area contributed by atoms with Crippen molar-refractivity contribution in [1.82, 2.24) is 0 Å². The van der Waals surface area contributed by atoms with E-state index in [2.05, 4.69) is 16.6 Å². The number of carboxylic acid groups (broad SMARTS) is 1. The standard InChI is InChI=1S/C26H27FN2O2/c1-7-9-16(3)21(8-2)22-12-10-19(14-17(22)4)18(5)29-25(28-6)23-13-11-20(26(30)31)15-24(23)27/h7-15H,2H2,1,3-6H3,(H,30,31)/b9-7-,21-16+,28-25?,29-18?. The highest BCUT2D eigenvalue weighted by Crippen LogP contribution is 2.25. The number of rotatable bonds is 6. The summed E-state index contributed by atoms with van der Waals surface area (Å²) in [5.74, 6) is -1.67. The van der Waals surface area contributed by atoms with Gasteiger partial charge in [0, 0.05) is 12.8 Å². The highest BCUT2D eigenvalue weighted by atomic mass is 19.1. The van der Waals surface area contributed by atoms with Gasteiger partial charge < -0.3 is 5.11 Å². The third-order valence-electron chi connectivity index (χ3n) is 4.92. The van der Waals surface area contributed by atoms with Gasteiger partial charge in [-0.3, -0.25) is 4.99 Å². The van der Waals surface area contributed by atoms with Crippen LogP contribution in [0.2, 0.25) is 0 Å². The third-order valence-corrected chi connectivity index (χ3v) is 4.92. The second-order valence-corrected chi connectivity index (χ2v) is 7.07. The van der Waals surface area contributed by atoms with Crippen LogP contribution in [0, 0.1) is 12.7 Å². The van der Waals surface area contributed by atoms with Gasteiger partial charge in [-0.05, 0) is 79.8 Å². The molecule has 0 aromatic heterocycles. The molecule has 5 heteroatoms. The van der Waals surface area contributed by atoms with Gasteiger partial charge in [0.05, 0.1) is 11.1 Å². The van der Waals surface area contributed by atoms with Gasteiger partial charge in [-0.15, -0.1) is 0 Å². The van der Waals surface area contributed by atoms with Gasteiger partial charge in [-0.2, -0.15) is 0 Å². The summed E-state index contributed by atoms with van der Waals surface area (Å²) in [6.07, 6.45) is 5.89. The van der Waals surface area contributed by atoms with Crippen LogP contribution < -0.4 is 0 Å². The molecule has 4 nitrogen and oxygen atoms in total. The van der Waals surface area contributed by atoms with E-state index in [0.717, 1.165) is 33.9 Å². The van der Waals surface area contributed by atoms with Crippen molar-refractivity contribution in [2.24, 2.45) is 9.98 Å². The Hall–Kier alpha value is -3.60. The molecule has 2 rings (SSSR count). The second-order valence-electron chi connectivity index (χ2n) is 7.07. The Kier molecular flexibility index (Phi) is 7.97. The van der Waals surface area contributed by atoms with Crippen molar-refractivity contribution in [2.45, 2.75) is 27.7 Å². The predicted octanol–water partition coefficient (Wildman–Crippen LogP) is 6.25. The average molecular weight is 419 g/mol. The summed E-state index contributed by atoms with van der Waals surface area (Å²) in [6.45, 7) is 11.8. The maximum absolute atomic E-state index is 14.5. The fourth-order valence-electron chi connectivity index (χ4n) is 3.30. The zero-order valence-corrected chi connectivity index (χ0v) is 18.5. The minimum Gasteiger partial charge on any atom is -0.478 e. The van der Waals surface area contributed by atoms with Crippen molar-refractivity contribution in [3.05, 3.63) is 100 Å². The van der Waals surface area contributed by atoms with Crippen molar-refractivity contribution >= 4 is 23.1 Å². The summed E-state index contributed by atoms with van der Waals surface area (Å²) in [5.41, 5.74) is 5.93. The maximum atomic E-state index is 14.5. The fourth-order valence-corrected chi connectivity index (χ4v) is 3.30. The smallest absolute Gasteiger partial charge is 0.335 e. The Morgan fingerprint density at radius 2 is 1.74 bits per heavy atom. The summed E-state index contributed by atoms with van der Waals surface area (Å²) in [6, 6.07) is 9.72. The van der Waals surface area contributed by atoms with E-state index in [1.807, 2.05) is 64.1 Å². The first-order valence-corrected chi connectivity index (χ1v) is 9.86. The van der Waals surface area contributed by atoms with Gasteiger partial charge in [-0.25, -0.2) is 14.2 Å². The minimum absolute atomic E-state index is 0.122. The molecule has 0 amide bonds. The molecule has 0 radical (unpaired) electrons. The van der Waals surface area contributed by atoms with Gasteiger partial charge >= 0.3 is 5.97 Å². The first-order chi connectivity index (χ1) is 14.7. The quantitative estimate of drug-likeness (QED) is 0.342. The van der Waals surface area contributed by atoms with Gasteiger partial charge in [-0.1, -0.05) is 36.9 Å². The Morgan fingerprint density at radius 1 is 1.10 bits per heavy atom. The highest BCUT2D eigenvalue weighted by molar-refractivity contribution is 6.12. The van der Waals surface area contributed by atoms with Gasteiger partial charge in [0.25, 0.3) is 0 Å². The predicted molar refractivity (Wildman–Crippen MR) is 127 cm³/mol. The van der Waals surface area contributed by atoms with Gasteiger partial charge in [0.1, 0.15) is 5.82 Å². The highest BCUT2D eigenvalue weighted by Gasteiger charge is 2.13. The molecule has 1 N–H and O–H groups in total. The Balaban J connectivity index is 2.45. The monoisotopic (exact) mass is 418 g/mol. The summed E-state index contributed by atoms with van der Waals surface area (Å²) in [7, 11) is 1.52. The van der Waals surface area contributed by atoms with Crippen LogP contribution in [-0.4, -0.2) is 29.7 Å². The Bertz CT molecular complexity index is 1140. The van der Waals surface area contributed by atoms with Crippen molar-refractivity contribution in [1.29, 1.82) is 0 Å². The number of amidine groups is 1. The summed E-state index contributed by atoms with van der Waals surface area (Å²) in [5, 5.41) is 9.02. The van der Waals surface area contributed by atoms with E-state index >= 15 is 0 Å². The first-order valence-electron chi connectivity index (χ1n) is 9.86. The average Bonchev–Trinajstić information content (AvgIpc) is 2.73. The molecule has 0 fully saturated rings. The third kappa shape index (κ3) is 5.51. The number of aromatic carboxylic acids is 1. The number of nitrogens with zero attached hydrogens (tertiary/aromatic N) is 2. The first kappa shape index (κ1) is 23.7. The molecule has 2 aromatic carbocycles. The molecule has 0 saturated carbocycles. The molecule has 0 saturated heterocycles. The van der Waals surface area contributed by atoms with Crippen LogP contribution >= 0.6 is 0 Å². The molecule has 0 spiro atoms. The van der Waals surface area contributed by atoms with Crippen LogP contribution in [0.15, 0.2) is 76.8 Å². The number of carbonyl (C=O) groups is 1. The number of allylic oxidation sites excluding steroid dienone is 5. The van der Waals surface area contributed by atoms with Gasteiger partial charge in [0.15, 0.2) is 5.84 Å². The number of hydrogen-bond acceptors (Lipinski definition) is 2. The van der Waals surface area contributed by atoms with Crippen molar-refractivity contribution in [3.63, 3.8) is 0 Å². The molecule has 160 valence electrons. The largest absolute Gasteiger partial charge is 0.478 e. The Labute approximate surface area is 182 Å². The van der Waals surface area contributed by atoms with E-state index in [0.29, 0.717) is 5.71 Å². The molecule has 0 bridgehead atoms. The van der Waals surface area contributed by atoms with E-state index in [1.54, 1.807) is 0 Å². The number of carboxylic acids is 1. The molecule has 0 atom stereocenters.